The molecule has 0 aromatic carbocycles. The van der Waals surface area contributed by atoms with Gasteiger partial charge in [-0.05, 0) is 18.8 Å². The fourth-order valence-electron chi connectivity index (χ4n) is 2.78. The highest BCUT2D eigenvalue weighted by Crippen LogP contribution is 2.17. The monoisotopic (exact) mass is 459 g/mol. The van der Waals surface area contributed by atoms with E-state index in [4.69, 9.17) is 0 Å². The maximum atomic E-state index is 11.4. The molecule has 1 aliphatic rings. The molecular formula is C16H34IN3O2S. The molecule has 1 heterocycles. The summed E-state index contributed by atoms with van der Waals surface area (Å²) in [6.45, 7) is 3.86. The first-order chi connectivity index (χ1) is 10.6. The number of hydrogen-bond donors (Lipinski definition) is 2. The van der Waals surface area contributed by atoms with Crippen LogP contribution in [0.15, 0.2) is 4.99 Å². The number of sulfone groups is 1. The minimum absolute atomic E-state index is 0. The van der Waals surface area contributed by atoms with Gasteiger partial charge in [0.15, 0.2) is 15.8 Å². The first kappa shape index (κ1) is 22.9. The van der Waals surface area contributed by atoms with Crippen molar-refractivity contribution in [2.45, 2.75) is 58.3 Å². The van der Waals surface area contributed by atoms with E-state index >= 15 is 0 Å². The molecule has 0 saturated carbocycles. The highest BCUT2D eigenvalue weighted by Gasteiger charge is 2.27. The van der Waals surface area contributed by atoms with Gasteiger partial charge >= 0.3 is 0 Å². The van der Waals surface area contributed by atoms with Gasteiger partial charge in [-0.2, -0.15) is 0 Å². The second-order valence-electron chi connectivity index (χ2n) is 6.27. The van der Waals surface area contributed by atoms with Crippen LogP contribution in [0, 0.1) is 5.92 Å². The van der Waals surface area contributed by atoms with Crippen molar-refractivity contribution in [3.8, 4) is 0 Å². The molecule has 138 valence electrons. The molecule has 5 nitrogen and oxygen atoms in total. The minimum Gasteiger partial charge on any atom is -0.356 e. The summed E-state index contributed by atoms with van der Waals surface area (Å²) in [5, 5.41) is 6.55. The average Bonchev–Trinajstić information content (AvgIpc) is 2.84. The molecule has 0 aromatic rings. The van der Waals surface area contributed by atoms with Crippen molar-refractivity contribution in [1.82, 2.24) is 10.6 Å². The van der Waals surface area contributed by atoms with Gasteiger partial charge in [0.1, 0.15) is 0 Å². The molecular weight excluding hydrogens is 425 g/mol. The summed E-state index contributed by atoms with van der Waals surface area (Å²) in [6.07, 6.45) is 9.85. The molecule has 23 heavy (non-hydrogen) atoms. The van der Waals surface area contributed by atoms with Gasteiger partial charge in [-0.3, -0.25) is 4.99 Å². The zero-order valence-electron chi connectivity index (χ0n) is 14.6. The zero-order valence-corrected chi connectivity index (χ0v) is 17.8. The highest BCUT2D eigenvalue weighted by atomic mass is 127. The van der Waals surface area contributed by atoms with Crippen LogP contribution in [0.2, 0.25) is 0 Å². The Morgan fingerprint density at radius 3 is 2.30 bits per heavy atom. The lowest BCUT2D eigenvalue weighted by Crippen LogP contribution is -2.40. The Labute approximate surface area is 159 Å². The van der Waals surface area contributed by atoms with E-state index in [9.17, 15) is 8.42 Å². The third-order valence-electron chi connectivity index (χ3n) is 4.18. The Morgan fingerprint density at radius 1 is 1.09 bits per heavy atom. The zero-order chi connectivity index (χ0) is 16.3. The number of guanidine groups is 1. The molecule has 0 aliphatic carbocycles. The Morgan fingerprint density at radius 2 is 1.74 bits per heavy atom. The Hall–Kier alpha value is -0.0500. The molecule has 7 heteroatoms. The average molecular weight is 459 g/mol. The van der Waals surface area contributed by atoms with Crippen LogP contribution in [-0.4, -0.2) is 46.0 Å². The summed E-state index contributed by atoms with van der Waals surface area (Å²) in [6, 6.07) is 0. The number of unbranched alkanes of at least 4 members (excludes halogenated alkanes) is 6. The van der Waals surface area contributed by atoms with E-state index in [-0.39, 0.29) is 29.9 Å². The van der Waals surface area contributed by atoms with Crippen molar-refractivity contribution in [2.24, 2.45) is 10.9 Å². The Balaban J connectivity index is 0.00000484. The van der Waals surface area contributed by atoms with E-state index in [0.717, 1.165) is 25.3 Å². The number of rotatable bonds is 10. The number of aliphatic imine (C=N–C) groups is 1. The van der Waals surface area contributed by atoms with E-state index in [1.165, 1.54) is 38.5 Å². The fourth-order valence-corrected chi connectivity index (χ4v) is 4.65. The summed E-state index contributed by atoms with van der Waals surface area (Å²) in [4.78, 5) is 4.19. The molecule has 0 aromatic heterocycles. The van der Waals surface area contributed by atoms with Gasteiger partial charge in [0.05, 0.1) is 11.5 Å². The van der Waals surface area contributed by atoms with Crippen LogP contribution in [0.1, 0.15) is 58.3 Å². The fraction of sp³-hybridized carbons (Fsp3) is 0.938. The van der Waals surface area contributed by atoms with Gasteiger partial charge < -0.3 is 10.6 Å². The number of nitrogens with zero attached hydrogens (tertiary/aromatic N) is 1. The normalized spacial score (nSPS) is 20.1. The van der Waals surface area contributed by atoms with Crippen molar-refractivity contribution >= 4 is 39.8 Å². The lowest BCUT2D eigenvalue weighted by atomic mass is 10.1. The van der Waals surface area contributed by atoms with Crippen LogP contribution in [0.4, 0.5) is 0 Å². The van der Waals surface area contributed by atoms with Crippen LogP contribution in [-0.2, 0) is 9.84 Å². The summed E-state index contributed by atoms with van der Waals surface area (Å²) < 4.78 is 22.8. The summed E-state index contributed by atoms with van der Waals surface area (Å²) in [7, 11) is -1.03. The van der Waals surface area contributed by atoms with Crippen LogP contribution in [0.3, 0.4) is 0 Å². The van der Waals surface area contributed by atoms with Crippen LogP contribution in [0.25, 0.3) is 0 Å². The molecule has 1 rings (SSSR count). The third kappa shape index (κ3) is 11.2. The molecule has 1 fully saturated rings. The first-order valence-electron chi connectivity index (χ1n) is 8.72. The standard InChI is InChI=1S/C16H33N3O2S.HI/c1-3-4-5-6-7-8-9-11-18-16(17-2)19-13-15-10-12-22(20,21)14-15;/h15H,3-14H2,1-2H3,(H2,17,18,19);1H. The van der Waals surface area contributed by atoms with Crippen LogP contribution in [0.5, 0.6) is 0 Å². The maximum Gasteiger partial charge on any atom is 0.190 e. The predicted octanol–water partition coefficient (Wildman–Crippen LogP) is 2.95. The third-order valence-corrected chi connectivity index (χ3v) is 6.02. The van der Waals surface area contributed by atoms with Gasteiger partial charge in [0, 0.05) is 20.1 Å². The number of halogens is 1. The molecule has 0 radical (unpaired) electrons. The second-order valence-corrected chi connectivity index (χ2v) is 8.50. The van der Waals surface area contributed by atoms with E-state index in [1.807, 2.05) is 0 Å². The first-order valence-corrected chi connectivity index (χ1v) is 10.5. The quantitative estimate of drug-likeness (QED) is 0.228. The lowest BCUT2D eigenvalue weighted by Gasteiger charge is -2.14. The number of hydrogen-bond acceptors (Lipinski definition) is 3. The number of nitrogens with one attached hydrogen (secondary N) is 2. The van der Waals surface area contributed by atoms with E-state index in [2.05, 4.69) is 22.5 Å². The van der Waals surface area contributed by atoms with Crippen molar-refractivity contribution in [1.29, 1.82) is 0 Å². The smallest absolute Gasteiger partial charge is 0.190 e. The summed E-state index contributed by atoms with van der Waals surface area (Å²) in [5.74, 6) is 1.66. The molecule has 1 saturated heterocycles. The van der Waals surface area contributed by atoms with Gasteiger partial charge in [-0.25, -0.2) is 8.42 Å². The molecule has 0 bridgehead atoms. The van der Waals surface area contributed by atoms with Crippen molar-refractivity contribution in [3.63, 3.8) is 0 Å². The van der Waals surface area contributed by atoms with E-state index in [1.54, 1.807) is 7.05 Å². The van der Waals surface area contributed by atoms with Crippen molar-refractivity contribution in [2.75, 3.05) is 31.6 Å². The molecule has 1 aliphatic heterocycles. The molecule has 1 unspecified atom stereocenters. The topological polar surface area (TPSA) is 70.6 Å². The van der Waals surface area contributed by atoms with Crippen LogP contribution >= 0.6 is 24.0 Å². The van der Waals surface area contributed by atoms with E-state index in [0.29, 0.717) is 18.1 Å². The Kier molecular flexibility index (Phi) is 13.2. The molecule has 0 spiro atoms. The largest absolute Gasteiger partial charge is 0.356 e. The predicted molar refractivity (Wildman–Crippen MR) is 110 cm³/mol. The van der Waals surface area contributed by atoms with Crippen molar-refractivity contribution in [3.05, 3.63) is 0 Å². The SMILES string of the molecule is CCCCCCCCCNC(=NC)NCC1CCS(=O)(=O)C1.I. The molecule has 1 atom stereocenters. The van der Waals surface area contributed by atoms with Gasteiger partial charge in [0.2, 0.25) is 0 Å². The highest BCUT2D eigenvalue weighted by molar-refractivity contribution is 14.0. The minimum atomic E-state index is -2.78. The lowest BCUT2D eigenvalue weighted by molar-refractivity contribution is 0.561. The summed E-state index contributed by atoms with van der Waals surface area (Å²) in [5.41, 5.74) is 0. The summed E-state index contributed by atoms with van der Waals surface area (Å²) >= 11 is 0. The van der Waals surface area contributed by atoms with Gasteiger partial charge in [-0.15, -0.1) is 24.0 Å². The van der Waals surface area contributed by atoms with Gasteiger partial charge in [-0.1, -0.05) is 45.4 Å². The Bertz CT molecular complexity index is 427. The maximum absolute atomic E-state index is 11.4. The van der Waals surface area contributed by atoms with Crippen LogP contribution < -0.4 is 10.6 Å². The molecule has 0 amide bonds. The van der Waals surface area contributed by atoms with Gasteiger partial charge in [0.25, 0.3) is 0 Å². The van der Waals surface area contributed by atoms with Crippen molar-refractivity contribution < 1.29 is 8.42 Å². The van der Waals surface area contributed by atoms with E-state index < -0.39 is 9.84 Å². The second kappa shape index (κ2) is 13.3. The molecule has 2 N–H and O–H groups in total.